The van der Waals surface area contributed by atoms with Crippen LogP contribution in [0.2, 0.25) is 0 Å². The second-order valence-electron chi connectivity index (χ2n) is 6.60. The molecule has 0 spiro atoms. The molecular formula is C23H17ClN2O3S. The zero-order valence-electron chi connectivity index (χ0n) is 16.2. The largest absolute Gasteiger partial charge is 0.465 e. The first-order valence-corrected chi connectivity index (χ1v) is 10.3. The first-order valence-electron chi connectivity index (χ1n) is 9.12. The third-order valence-electron chi connectivity index (χ3n) is 4.65. The number of thiophene rings is 1. The predicted octanol–water partition coefficient (Wildman–Crippen LogP) is 5.48. The summed E-state index contributed by atoms with van der Waals surface area (Å²) in [6, 6.07) is 16.6. The number of aromatic amines is 1. The van der Waals surface area contributed by atoms with Gasteiger partial charge in [0.25, 0.3) is 5.56 Å². The Balaban J connectivity index is 1.74. The number of fused-ring (bicyclic) bond motifs is 1. The van der Waals surface area contributed by atoms with Gasteiger partial charge in [0.1, 0.15) is 4.83 Å². The molecule has 30 heavy (non-hydrogen) atoms. The van der Waals surface area contributed by atoms with Crippen molar-refractivity contribution in [3.8, 4) is 11.1 Å². The Hall–Kier alpha value is -3.22. The van der Waals surface area contributed by atoms with Crippen molar-refractivity contribution in [3.05, 3.63) is 86.8 Å². The average Bonchev–Trinajstić information content (AvgIpc) is 3.10. The normalized spacial score (nSPS) is 11.6. The van der Waals surface area contributed by atoms with Gasteiger partial charge < -0.3 is 9.72 Å². The van der Waals surface area contributed by atoms with Crippen LogP contribution < -0.4 is 5.56 Å². The van der Waals surface area contributed by atoms with E-state index in [0.717, 1.165) is 21.6 Å². The molecule has 2 aromatic carbocycles. The number of nitrogens with zero attached hydrogens (tertiary/aromatic N) is 1. The summed E-state index contributed by atoms with van der Waals surface area (Å²) in [5.41, 5.74) is 2.86. The highest BCUT2D eigenvalue weighted by atomic mass is 35.5. The van der Waals surface area contributed by atoms with Crippen molar-refractivity contribution < 1.29 is 9.53 Å². The topological polar surface area (TPSA) is 72.0 Å². The van der Waals surface area contributed by atoms with E-state index >= 15 is 0 Å². The van der Waals surface area contributed by atoms with Crippen LogP contribution in [0.25, 0.3) is 32.5 Å². The molecule has 5 nitrogen and oxygen atoms in total. The lowest BCUT2D eigenvalue weighted by atomic mass is 10.0. The van der Waals surface area contributed by atoms with Gasteiger partial charge in [0.15, 0.2) is 5.82 Å². The van der Waals surface area contributed by atoms with Crippen molar-refractivity contribution in [2.75, 3.05) is 7.11 Å². The number of rotatable bonds is 4. The molecule has 0 fully saturated rings. The van der Waals surface area contributed by atoms with Gasteiger partial charge in [-0.15, -0.1) is 11.3 Å². The van der Waals surface area contributed by atoms with Gasteiger partial charge in [-0.1, -0.05) is 54.1 Å². The SMILES string of the molecule is COC(=O)c1ccc(/C=C(\Cl)c2nc3sc(C)c(-c4ccccc4)c3c(=O)[nH]2)cc1. The molecule has 0 radical (unpaired) electrons. The van der Waals surface area contributed by atoms with Crippen molar-refractivity contribution in [1.82, 2.24) is 9.97 Å². The van der Waals surface area contributed by atoms with Crippen molar-refractivity contribution in [2.45, 2.75) is 6.92 Å². The quantitative estimate of drug-likeness (QED) is 0.430. The molecule has 0 aliphatic heterocycles. The van der Waals surface area contributed by atoms with Gasteiger partial charge in [0, 0.05) is 10.4 Å². The lowest BCUT2D eigenvalue weighted by molar-refractivity contribution is 0.0600. The van der Waals surface area contributed by atoms with E-state index in [9.17, 15) is 9.59 Å². The van der Waals surface area contributed by atoms with Crippen LogP contribution in [0, 0.1) is 6.92 Å². The number of halogens is 1. The van der Waals surface area contributed by atoms with E-state index in [1.165, 1.54) is 18.4 Å². The minimum atomic E-state index is -0.407. The molecule has 2 aromatic heterocycles. The summed E-state index contributed by atoms with van der Waals surface area (Å²) in [5.74, 6) is -0.109. The van der Waals surface area contributed by atoms with Crippen LogP contribution in [0.4, 0.5) is 0 Å². The molecule has 0 aliphatic carbocycles. The Morgan fingerprint density at radius 2 is 1.83 bits per heavy atom. The van der Waals surface area contributed by atoms with Crippen molar-refractivity contribution in [1.29, 1.82) is 0 Å². The number of hydrogen-bond donors (Lipinski definition) is 1. The Kier molecular flexibility index (Phi) is 5.53. The van der Waals surface area contributed by atoms with Crippen molar-refractivity contribution >= 4 is 50.2 Å². The fraction of sp³-hybridized carbons (Fsp3) is 0.0870. The minimum absolute atomic E-state index is 0.231. The number of hydrogen-bond acceptors (Lipinski definition) is 5. The monoisotopic (exact) mass is 436 g/mol. The molecule has 4 rings (SSSR count). The van der Waals surface area contributed by atoms with E-state index in [1.54, 1.807) is 30.3 Å². The molecule has 150 valence electrons. The highest BCUT2D eigenvalue weighted by Crippen LogP contribution is 2.36. The maximum Gasteiger partial charge on any atom is 0.337 e. The van der Waals surface area contributed by atoms with Crippen LogP contribution in [-0.2, 0) is 4.74 Å². The van der Waals surface area contributed by atoms with Crippen molar-refractivity contribution in [2.24, 2.45) is 0 Å². The van der Waals surface area contributed by atoms with Crippen LogP contribution in [0.1, 0.15) is 26.6 Å². The summed E-state index contributed by atoms with van der Waals surface area (Å²) < 4.78 is 4.70. The van der Waals surface area contributed by atoms with Gasteiger partial charge in [0.2, 0.25) is 0 Å². The van der Waals surface area contributed by atoms with Crippen molar-refractivity contribution in [3.63, 3.8) is 0 Å². The Bertz CT molecular complexity index is 1320. The van der Waals surface area contributed by atoms with E-state index in [1.807, 2.05) is 37.3 Å². The molecule has 0 saturated carbocycles. The maximum atomic E-state index is 12.9. The molecule has 2 heterocycles. The highest BCUT2D eigenvalue weighted by molar-refractivity contribution is 7.19. The van der Waals surface area contributed by atoms with Crippen LogP contribution in [0.15, 0.2) is 59.4 Å². The van der Waals surface area contributed by atoms with Gasteiger partial charge in [-0.25, -0.2) is 9.78 Å². The second kappa shape index (κ2) is 8.26. The summed E-state index contributed by atoms with van der Waals surface area (Å²) in [4.78, 5) is 33.5. The van der Waals surface area contributed by atoms with E-state index in [0.29, 0.717) is 26.6 Å². The smallest absolute Gasteiger partial charge is 0.337 e. The summed E-state index contributed by atoms with van der Waals surface area (Å²) in [6.45, 7) is 1.98. The summed E-state index contributed by atoms with van der Waals surface area (Å²) in [6.07, 6.45) is 1.69. The number of carbonyl (C=O) groups is 1. The van der Waals surface area contributed by atoms with Gasteiger partial charge >= 0.3 is 5.97 Å². The van der Waals surface area contributed by atoms with Crippen LogP contribution >= 0.6 is 22.9 Å². The number of aromatic nitrogens is 2. The molecular weight excluding hydrogens is 420 g/mol. The molecule has 0 atom stereocenters. The zero-order chi connectivity index (χ0) is 21.3. The molecule has 0 unspecified atom stereocenters. The Morgan fingerprint density at radius 1 is 1.13 bits per heavy atom. The summed E-state index contributed by atoms with van der Waals surface area (Å²) >= 11 is 7.91. The lowest BCUT2D eigenvalue weighted by Gasteiger charge is -2.03. The number of carbonyl (C=O) groups excluding carboxylic acids is 1. The van der Waals surface area contributed by atoms with E-state index in [-0.39, 0.29) is 5.56 Å². The third-order valence-corrected chi connectivity index (χ3v) is 5.94. The van der Waals surface area contributed by atoms with Gasteiger partial charge in [-0.2, -0.15) is 0 Å². The summed E-state index contributed by atoms with van der Waals surface area (Å²) in [7, 11) is 1.33. The number of benzene rings is 2. The fourth-order valence-corrected chi connectivity index (χ4v) is 4.49. The Morgan fingerprint density at radius 3 is 2.50 bits per heavy atom. The Labute approximate surface area is 181 Å². The number of methoxy groups -OCH3 is 1. The minimum Gasteiger partial charge on any atom is -0.465 e. The standard InChI is InChI=1S/C23H17ClN2O3S/c1-13-18(15-6-4-3-5-7-15)19-21(27)25-20(26-22(19)30-13)17(24)12-14-8-10-16(11-9-14)23(28)29-2/h3-12H,1-2H3,(H,25,26,27)/b17-12-. The number of H-pyrrole nitrogens is 1. The van der Waals surface area contributed by atoms with Crippen LogP contribution in [0.5, 0.6) is 0 Å². The van der Waals surface area contributed by atoms with E-state index in [4.69, 9.17) is 16.3 Å². The zero-order valence-corrected chi connectivity index (χ0v) is 17.8. The molecule has 0 aliphatic rings. The number of nitrogens with one attached hydrogen (secondary N) is 1. The molecule has 0 bridgehead atoms. The van der Waals surface area contributed by atoms with Crippen LogP contribution in [-0.4, -0.2) is 23.0 Å². The molecule has 7 heteroatoms. The second-order valence-corrected chi connectivity index (χ2v) is 8.21. The average molecular weight is 437 g/mol. The first kappa shape index (κ1) is 20.1. The summed E-state index contributed by atoms with van der Waals surface area (Å²) in [5, 5.41) is 0.867. The number of aryl methyl sites for hydroxylation is 1. The van der Waals surface area contributed by atoms with Gasteiger partial charge in [-0.3, -0.25) is 4.79 Å². The highest BCUT2D eigenvalue weighted by Gasteiger charge is 2.17. The fourth-order valence-electron chi connectivity index (χ4n) is 3.23. The number of esters is 1. The first-order chi connectivity index (χ1) is 14.5. The molecule has 1 N–H and O–H groups in total. The maximum absolute atomic E-state index is 12.9. The molecule has 0 amide bonds. The molecule has 0 saturated heterocycles. The van der Waals surface area contributed by atoms with Gasteiger partial charge in [0.05, 0.1) is 23.1 Å². The van der Waals surface area contributed by atoms with Crippen LogP contribution in [0.3, 0.4) is 0 Å². The van der Waals surface area contributed by atoms with E-state index in [2.05, 4.69) is 9.97 Å². The van der Waals surface area contributed by atoms with E-state index < -0.39 is 5.97 Å². The van der Waals surface area contributed by atoms with Gasteiger partial charge in [-0.05, 0) is 36.3 Å². The lowest BCUT2D eigenvalue weighted by Crippen LogP contribution is -2.10. The molecule has 4 aromatic rings. The third kappa shape index (κ3) is 3.79. The number of ether oxygens (including phenoxy) is 1. The predicted molar refractivity (Wildman–Crippen MR) is 122 cm³/mol.